The van der Waals surface area contributed by atoms with Gasteiger partial charge in [0.1, 0.15) is 0 Å². The molecule has 4 rings (SSSR count). The fourth-order valence-electron chi connectivity index (χ4n) is 4.32. The van der Waals surface area contributed by atoms with Crippen LogP contribution in [0.25, 0.3) is 22.3 Å². The molecule has 31 heavy (non-hydrogen) atoms. The molecule has 3 aromatic heterocycles. The summed E-state index contributed by atoms with van der Waals surface area (Å²) in [6, 6.07) is 2.32. The minimum absolute atomic E-state index is 0.280. The molecule has 1 aliphatic carbocycles. The standard InChI is InChI=1S/C23H31N7O/c1-3-20(4-2)29-13-19(12-27-29)23-22-5-6-26-30(22)14-21(28-23)18(9-24)11-25-10-16-7-17(8-16)15-31/h5-6,9,11-14,16-17,20,24-25,31H,3-4,7-8,10,15H2,1-2H3/b18-11+,24-9?/t16-,17+. The van der Waals surface area contributed by atoms with Crippen molar-refractivity contribution in [2.75, 3.05) is 13.2 Å². The fourth-order valence-corrected chi connectivity index (χ4v) is 4.32. The third kappa shape index (κ3) is 4.39. The third-order valence-electron chi connectivity index (χ3n) is 6.29. The zero-order valence-corrected chi connectivity index (χ0v) is 18.2. The fraction of sp³-hybridized carbons (Fsp3) is 0.478. The van der Waals surface area contributed by atoms with E-state index in [1.165, 1.54) is 6.21 Å². The number of allylic oxidation sites excluding steroid dienone is 1. The maximum absolute atomic E-state index is 9.17. The van der Waals surface area contributed by atoms with Crippen molar-refractivity contribution in [1.82, 2.24) is 29.7 Å². The van der Waals surface area contributed by atoms with Crippen LogP contribution in [-0.4, -0.2) is 48.9 Å². The van der Waals surface area contributed by atoms with Crippen LogP contribution in [0.5, 0.6) is 0 Å². The quantitative estimate of drug-likeness (QED) is 0.434. The summed E-state index contributed by atoms with van der Waals surface area (Å²) in [5, 5.41) is 29.4. The number of nitrogens with zero attached hydrogens (tertiary/aromatic N) is 5. The van der Waals surface area contributed by atoms with Crippen molar-refractivity contribution < 1.29 is 5.11 Å². The van der Waals surface area contributed by atoms with Gasteiger partial charge in [0, 0.05) is 42.9 Å². The average Bonchev–Trinajstić information content (AvgIpc) is 3.42. The van der Waals surface area contributed by atoms with Gasteiger partial charge in [-0.05, 0) is 43.6 Å². The molecule has 0 saturated heterocycles. The van der Waals surface area contributed by atoms with Crippen molar-refractivity contribution in [2.45, 2.75) is 45.6 Å². The van der Waals surface area contributed by atoms with Gasteiger partial charge < -0.3 is 15.8 Å². The summed E-state index contributed by atoms with van der Waals surface area (Å²) in [6.07, 6.45) is 14.9. The molecule has 0 aliphatic heterocycles. The highest BCUT2D eigenvalue weighted by atomic mass is 16.3. The van der Waals surface area contributed by atoms with Crippen molar-refractivity contribution in [1.29, 1.82) is 5.41 Å². The van der Waals surface area contributed by atoms with Crippen molar-refractivity contribution in [2.24, 2.45) is 11.8 Å². The van der Waals surface area contributed by atoms with Crippen LogP contribution in [0, 0.1) is 17.2 Å². The second kappa shape index (κ2) is 9.43. The zero-order valence-electron chi connectivity index (χ0n) is 18.2. The molecular weight excluding hydrogens is 390 g/mol. The molecule has 164 valence electrons. The topological polar surface area (TPSA) is 104 Å². The minimum atomic E-state index is 0.280. The molecule has 0 atom stereocenters. The van der Waals surface area contributed by atoms with Gasteiger partial charge in [-0.2, -0.15) is 10.2 Å². The van der Waals surface area contributed by atoms with Crippen LogP contribution in [0.1, 0.15) is 51.3 Å². The molecule has 0 aromatic carbocycles. The lowest BCUT2D eigenvalue weighted by Gasteiger charge is -2.33. The maximum atomic E-state index is 9.17. The predicted molar refractivity (Wildman–Crippen MR) is 122 cm³/mol. The van der Waals surface area contributed by atoms with Crippen molar-refractivity contribution in [3.63, 3.8) is 0 Å². The van der Waals surface area contributed by atoms with Crippen molar-refractivity contribution in [3.05, 3.63) is 42.7 Å². The third-order valence-corrected chi connectivity index (χ3v) is 6.29. The van der Waals surface area contributed by atoms with E-state index in [1.807, 2.05) is 29.3 Å². The Morgan fingerprint density at radius 3 is 2.77 bits per heavy atom. The van der Waals surface area contributed by atoms with E-state index in [0.29, 0.717) is 29.1 Å². The van der Waals surface area contributed by atoms with Gasteiger partial charge in [-0.3, -0.25) is 4.68 Å². The van der Waals surface area contributed by atoms with Crippen molar-refractivity contribution in [3.8, 4) is 11.3 Å². The number of aliphatic hydroxyl groups excluding tert-OH is 1. The summed E-state index contributed by atoms with van der Waals surface area (Å²) >= 11 is 0. The summed E-state index contributed by atoms with van der Waals surface area (Å²) < 4.78 is 3.82. The first-order chi connectivity index (χ1) is 15.2. The largest absolute Gasteiger partial charge is 0.396 e. The van der Waals surface area contributed by atoms with Crippen LogP contribution in [0.2, 0.25) is 0 Å². The van der Waals surface area contributed by atoms with E-state index >= 15 is 0 Å². The Morgan fingerprint density at radius 2 is 2.06 bits per heavy atom. The predicted octanol–water partition coefficient (Wildman–Crippen LogP) is 3.55. The van der Waals surface area contributed by atoms with Crippen LogP contribution < -0.4 is 5.32 Å². The molecule has 0 unspecified atom stereocenters. The second-order valence-corrected chi connectivity index (χ2v) is 8.35. The molecular formula is C23H31N7O. The number of hydrogen-bond donors (Lipinski definition) is 3. The van der Waals surface area contributed by atoms with Crippen molar-refractivity contribution >= 4 is 17.3 Å². The number of aromatic nitrogens is 5. The van der Waals surface area contributed by atoms with Gasteiger partial charge in [0.05, 0.1) is 41.5 Å². The van der Waals surface area contributed by atoms with Gasteiger partial charge in [0.15, 0.2) is 0 Å². The lowest BCUT2D eigenvalue weighted by atomic mass is 9.75. The first-order valence-corrected chi connectivity index (χ1v) is 11.1. The van der Waals surface area contributed by atoms with E-state index in [4.69, 9.17) is 15.5 Å². The molecule has 3 heterocycles. The normalized spacial score (nSPS) is 19.0. The van der Waals surface area contributed by atoms with Gasteiger partial charge in [0.2, 0.25) is 0 Å². The van der Waals surface area contributed by atoms with Crippen LogP contribution in [0.4, 0.5) is 0 Å². The number of rotatable bonds is 10. The van der Waals surface area contributed by atoms with E-state index in [0.717, 1.165) is 49.0 Å². The SMILES string of the molecule is CCC(CC)n1cc(-c2nc(/C(C=N)=C/NC[C@H]3C[C@@H](CO)C3)cn3nccc23)cn1. The summed E-state index contributed by atoms with van der Waals surface area (Å²) in [7, 11) is 0. The highest BCUT2D eigenvalue weighted by molar-refractivity contribution is 6.07. The first kappa shape index (κ1) is 21.2. The molecule has 3 aromatic rings. The molecule has 1 saturated carbocycles. The smallest absolute Gasteiger partial charge is 0.0999 e. The van der Waals surface area contributed by atoms with Gasteiger partial charge in [-0.15, -0.1) is 0 Å². The summed E-state index contributed by atoms with van der Waals surface area (Å²) in [4.78, 5) is 4.89. The lowest BCUT2D eigenvalue weighted by Crippen LogP contribution is -2.33. The summed E-state index contributed by atoms with van der Waals surface area (Å²) in [5.41, 5.74) is 4.05. The summed E-state index contributed by atoms with van der Waals surface area (Å²) in [5.74, 6) is 1.03. The van der Waals surface area contributed by atoms with Crippen LogP contribution in [-0.2, 0) is 0 Å². The van der Waals surface area contributed by atoms with Gasteiger partial charge in [-0.1, -0.05) is 13.8 Å². The molecule has 0 radical (unpaired) electrons. The minimum Gasteiger partial charge on any atom is -0.396 e. The lowest BCUT2D eigenvalue weighted by molar-refractivity contribution is 0.108. The molecule has 0 bridgehead atoms. The van der Waals surface area contributed by atoms with Gasteiger partial charge >= 0.3 is 0 Å². The van der Waals surface area contributed by atoms with Gasteiger partial charge in [-0.25, -0.2) is 9.50 Å². The highest BCUT2D eigenvalue weighted by Gasteiger charge is 2.27. The molecule has 8 nitrogen and oxygen atoms in total. The van der Waals surface area contributed by atoms with E-state index in [1.54, 1.807) is 10.7 Å². The average molecular weight is 422 g/mol. The maximum Gasteiger partial charge on any atom is 0.0999 e. The number of aliphatic hydroxyl groups is 1. The Labute approximate surface area is 182 Å². The zero-order chi connectivity index (χ0) is 21.8. The number of fused-ring (bicyclic) bond motifs is 1. The Bertz CT molecular complexity index is 1060. The summed E-state index contributed by atoms with van der Waals surface area (Å²) in [6.45, 7) is 5.46. The molecule has 3 N–H and O–H groups in total. The molecule has 1 aliphatic rings. The Hall–Kier alpha value is -3.00. The number of hydrogen-bond acceptors (Lipinski definition) is 6. The Morgan fingerprint density at radius 1 is 1.26 bits per heavy atom. The second-order valence-electron chi connectivity index (χ2n) is 8.35. The Balaban J connectivity index is 1.60. The van der Waals surface area contributed by atoms with E-state index < -0.39 is 0 Å². The van der Waals surface area contributed by atoms with Crippen LogP contribution in [0.15, 0.2) is 37.1 Å². The molecule has 1 fully saturated rings. The van der Waals surface area contributed by atoms with Gasteiger partial charge in [0.25, 0.3) is 0 Å². The highest BCUT2D eigenvalue weighted by Crippen LogP contribution is 2.32. The van der Waals surface area contributed by atoms with E-state index in [2.05, 4.69) is 35.6 Å². The molecule has 0 spiro atoms. The van der Waals surface area contributed by atoms with E-state index in [9.17, 15) is 0 Å². The Kier molecular flexibility index (Phi) is 6.46. The van der Waals surface area contributed by atoms with Crippen LogP contribution >= 0.6 is 0 Å². The van der Waals surface area contributed by atoms with Crippen LogP contribution in [0.3, 0.4) is 0 Å². The monoisotopic (exact) mass is 421 g/mol. The first-order valence-electron chi connectivity index (χ1n) is 11.1. The molecule has 8 heteroatoms. The number of nitrogens with one attached hydrogen (secondary N) is 2. The molecule has 0 amide bonds. The van der Waals surface area contributed by atoms with E-state index in [-0.39, 0.29) is 6.61 Å².